The number of carbonyl (C=O) groups excluding carboxylic acids is 1. The molecule has 0 spiro atoms. The fourth-order valence-electron chi connectivity index (χ4n) is 6.99. The Morgan fingerprint density at radius 2 is 1.11 bits per heavy atom. The normalized spacial score (nSPS) is 21.6. The van der Waals surface area contributed by atoms with Crippen molar-refractivity contribution in [3.8, 4) is 0 Å². The van der Waals surface area contributed by atoms with E-state index in [9.17, 15) is 30.3 Å². The fourth-order valence-corrected chi connectivity index (χ4v) is 6.99. The maximum Gasteiger partial charge on any atom is 0.220 e. The lowest BCUT2D eigenvalue weighted by molar-refractivity contribution is -0.302. The molecule has 1 aliphatic heterocycles. The average Bonchev–Trinajstić information content (AvgIpc) is 3.20. The van der Waals surface area contributed by atoms with Crippen LogP contribution in [0.4, 0.5) is 0 Å². The smallest absolute Gasteiger partial charge is 0.220 e. The minimum atomic E-state index is -1.57. The quantitative estimate of drug-likeness (QED) is 0.0269. The summed E-state index contributed by atoms with van der Waals surface area (Å²) in [6.07, 6.45) is 40.1. The van der Waals surface area contributed by atoms with Gasteiger partial charge in [-0.25, -0.2) is 0 Å². The van der Waals surface area contributed by atoms with E-state index in [0.717, 1.165) is 77.0 Å². The fraction of sp³-hybridized carbons (Fsp3) is 0.809. The Morgan fingerprint density at radius 3 is 1.64 bits per heavy atom. The molecule has 7 unspecified atom stereocenters. The molecule has 0 bridgehead atoms. The number of allylic oxidation sites excluding steroid dienone is 7. The maximum absolute atomic E-state index is 12.9. The Labute approximate surface area is 342 Å². The second-order valence-corrected chi connectivity index (χ2v) is 15.8. The summed E-state index contributed by atoms with van der Waals surface area (Å²) < 4.78 is 11.2. The van der Waals surface area contributed by atoms with Gasteiger partial charge >= 0.3 is 0 Å². The molecule has 9 nitrogen and oxygen atoms in total. The summed E-state index contributed by atoms with van der Waals surface area (Å²) >= 11 is 0. The first-order valence-electron chi connectivity index (χ1n) is 22.9. The van der Waals surface area contributed by atoms with Gasteiger partial charge in [0.25, 0.3) is 0 Å². The summed E-state index contributed by atoms with van der Waals surface area (Å²) in [5, 5.41) is 54.2. The van der Waals surface area contributed by atoms with E-state index >= 15 is 0 Å². The zero-order chi connectivity index (χ0) is 40.9. The highest BCUT2D eigenvalue weighted by Gasteiger charge is 2.44. The van der Waals surface area contributed by atoms with Crippen molar-refractivity contribution in [1.82, 2.24) is 5.32 Å². The molecule has 56 heavy (non-hydrogen) atoms. The molecule has 1 rings (SSSR count). The van der Waals surface area contributed by atoms with Gasteiger partial charge in [0.1, 0.15) is 24.4 Å². The molecule has 9 heteroatoms. The van der Waals surface area contributed by atoms with Crippen LogP contribution in [-0.4, -0.2) is 87.5 Å². The number of hydrogen-bond acceptors (Lipinski definition) is 8. The molecule has 1 heterocycles. The van der Waals surface area contributed by atoms with E-state index in [4.69, 9.17) is 9.47 Å². The van der Waals surface area contributed by atoms with Crippen molar-refractivity contribution in [3.63, 3.8) is 0 Å². The highest BCUT2D eigenvalue weighted by Crippen LogP contribution is 2.22. The number of ether oxygens (including phenoxy) is 2. The number of carbonyl (C=O) groups is 1. The van der Waals surface area contributed by atoms with Crippen molar-refractivity contribution in [2.24, 2.45) is 0 Å². The first kappa shape index (κ1) is 52.2. The Balaban J connectivity index is 2.38. The van der Waals surface area contributed by atoms with Gasteiger partial charge in [0.15, 0.2) is 6.29 Å². The monoisotopic (exact) mass is 792 g/mol. The lowest BCUT2D eigenvalue weighted by Gasteiger charge is -2.40. The van der Waals surface area contributed by atoms with Gasteiger partial charge in [0.2, 0.25) is 5.91 Å². The van der Waals surface area contributed by atoms with Crippen molar-refractivity contribution in [2.45, 2.75) is 230 Å². The van der Waals surface area contributed by atoms with Crippen LogP contribution in [-0.2, 0) is 14.3 Å². The summed E-state index contributed by atoms with van der Waals surface area (Å²) in [5.74, 6) is -0.196. The Bertz CT molecular complexity index is 1010. The number of aliphatic hydroxyl groups is 5. The van der Waals surface area contributed by atoms with Crippen molar-refractivity contribution in [3.05, 3.63) is 48.6 Å². The lowest BCUT2D eigenvalue weighted by atomic mass is 9.99. The Morgan fingerprint density at radius 1 is 0.625 bits per heavy atom. The molecule has 0 aromatic carbocycles. The molecule has 1 aliphatic rings. The summed E-state index contributed by atoms with van der Waals surface area (Å²) in [6.45, 7) is 3.64. The number of nitrogens with one attached hydrogen (secondary N) is 1. The van der Waals surface area contributed by atoms with Crippen LogP contribution in [0, 0.1) is 0 Å². The van der Waals surface area contributed by atoms with Gasteiger partial charge in [-0.1, -0.05) is 178 Å². The molecule has 0 aliphatic carbocycles. The van der Waals surface area contributed by atoms with Gasteiger partial charge in [-0.15, -0.1) is 0 Å². The molecule has 0 aromatic rings. The van der Waals surface area contributed by atoms with Crippen LogP contribution in [0.15, 0.2) is 48.6 Å². The van der Waals surface area contributed by atoms with Crippen LogP contribution < -0.4 is 5.32 Å². The van der Waals surface area contributed by atoms with Crippen LogP contribution in [0.2, 0.25) is 0 Å². The van der Waals surface area contributed by atoms with Gasteiger partial charge in [-0.05, 0) is 51.4 Å². The molecule has 326 valence electrons. The highest BCUT2D eigenvalue weighted by atomic mass is 16.7. The van der Waals surface area contributed by atoms with Gasteiger partial charge < -0.3 is 40.3 Å². The molecule has 6 N–H and O–H groups in total. The number of unbranched alkanes of at least 4 members (excludes halogenated alkanes) is 21. The average molecular weight is 792 g/mol. The third kappa shape index (κ3) is 27.7. The van der Waals surface area contributed by atoms with Gasteiger partial charge in [-0.3, -0.25) is 4.79 Å². The molecular formula is C47H85NO8. The molecule has 1 fully saturated rings. The maximum atomic E-state index is 12.9. The van der Waals surface area contributed by atoms with Crippen molar-refractivity contribution >= 4 is 5.91 Å². The number of aliphatic hydroxyl groups excluding tert-OH is 5. The number of rotatable bonds is 37. The van der Waals surface area contributed by atoms with E-state index < -0.39 is 49.5 Å². The second-order valence-electron chi connectivity index (χ2n) is 15.8. The number of hydrogen-bond donors (Lipinski definition) is 6. The van der Waals surface area contributed by atoms with E-state index in [1.807, 2.05) is 6.08 Å². The zero-order valence-electron chi connectivity index (χ0n) is 35.6. The third-order valence-corrected chi connectivity index (χ3v) is 10.7. The minimum Gasteiger partial charge on any atom is -0.394 e. The van der Waals surface area contributed by atoms with E-state index in [0.29, 0.717) is 6.42 Å². The lowest BCUT2D eigenvalue weighted by Crippen LogP contribution is -2.60. The summed E-state index contributed by atoms with van der Waals surface area (Å²) in [4.78, 5) is 12.9. The van der Waals surface area contributed by atoms with E-state index in [1.165, 1.54) is 89.9 Å². The van der Waals surface area contributed by atoms with E-state index in [2.05, 4.69) is 55.6 Å². The van der Waals surface area contributed by atoms with E-state index in [1.54, 1.807) is 6.08 Å². The van der Waals surface area contributed by atoms with Crippen LogP contribution in [0.1, 0.15) is 187 Å². The molecule has 0 saturated carbocycles. The van der Waals surface area contributed by atoms with Crippen LogP contribution in [0.3, 0.4) is 0 Å². The van der Waals surface area contributed by atoms with Crippen molar-refractivity contribution < 1.29 is 39.8 Å². The summed E-state index contributed by atoms with van der Waals surface area (Å²) in [7, 11) is 0. The molecule has 1 amide bonds. The molecule has 7 atom stereocenters. The molecular weight excluding hydrogens is 707 g/mol. The first-order valence-corrected chi connectivity index (χ1v) is 22.9. The van der Waals surface area contributed by atoms with Crippen LogP contribution >= 0.6 is 0 Å². The predicted molar refractivity (Wildman–Crippen MR) is 230 cm³/mol. The Hall–Kier alpha value is -1.85. The number of amides is 1. The SMILES string of the molecule is CC/C=C\C/C=C\C/C=C\CCCCCCCC(=O)NC(COC1OC(CO)C(O)C(O)C1O)C(O)/C=C/CCCCCCCCCCCCCCCCCC. The Kier molecular flexibility index (Phi) is 34.9. The topological polar surface area (TPSA) is 149 Å². The van der Waals surface area contributed by atoms with Crippen LogP contribution in [0.5, 0.6) is 0 Å². The second kappa shape index (κ2) is 37.4. The molecule has 1 saturated heterocycles. The third-order valence-electron chi connectivity index (χ3n) is 10.7. The first-order chi connectivity index (χ1) is 27.3. The van der Waals surface area contributed by atoms with Gasteiger partial charge in [0, 0.05) is 6.42 Å². The standard InChI is InChI=1S/C47H85NO8/c1-3-5-7-9-11-13-15-17-19-20-21-23-24-26-28-30-32-34-36-41(50)40(39-55-47-46(54)45(53)44(52)42(38-49)56-47)48-43(51)37-35-33-31-29-27-25-22-18-16-14-12-10-8-6-4-2/h6,8,12,14,18,22,34,36,40-42,44-47,49-50,52-54H,3-5,7,9-11,13,15-17,19-21,23-33,35,37-39H2,1-2H3,(H,48,51)/b8-6-,14-12-,22-18-,36-34+. The molecule has 0 aromatic heterocycles. The van der Waals surface area contributed by atoms with Crippen molar-refractivity contribution in [1.29, 1.82) is 0 Å². The largest absolute Gasteiger partial charge is 0.394 e. The van der Waals surface area contributed by atoms with Crippen LogP contribution in [0.25, 0.3) is 0 Å². The van der Waals surface area contributed by atoms with Crippen molar-refractivity contribution in [2.75, 3.05) is 13.2 Å². The summed E-state index contributed by atoms with van der Waals surface area (Å²) in [6, 6.07) is -0.814. The predicted octanol–water partition coefficient (Wildman–Crippen LogP) is 9.45. The minimum absolute atomic E-state index is 0.196. The van der Waals surface area contributed by atoms with Gasteiger partial charge in [-0.2, -0.15) is 0 Å². The highest BCUT2D eigenvalue weighted by molar-refractivity contribution is 5.76. The molecule has 0 radical (unpaired) electrons. The summed E-state index contributed by atoms with van der Waals surface area (Å²) in [5.41, 5.74) is 0. The van der Waals surface area contributed by atoms with Gasteiger partial charge in [0.05, 0.1) is 25.4 Å². The zero-order valence-corrected chi connectivity index (χ0v) is 35.6. The van der Waals surface area contributed by atoms with E-state index in [-0.39, 0.29) is 12.5 Å².